The molecule has 1 fully saturated rings. The van der Waals surface area contributed by atoms with E-state index in [1.165, 1.54) is 5.56 Å². The molecule has 0 aliphatic carbocycles. The average Bonchev–Trinajstić information content (AvgIpc) is 3.26. The van der Waals surface area contributed by atoms with Gasteiger partial charge in [-0.1, -0.05) is 72.8 Å². The first-order valence-corrected chi connectivity index (χ1v) is 8.70. The maximum absolute atomic E-state index is 12.5. The fraction of sp³-hybridized carbons (Fsp3) is 0.318. The van der Waals surface area contributed by atoms with Crippen molar-refractivity contribution in [3.05, 3.63) is 77.9 Å². The van der Waals surface area contributed by atoms with Crippen molar-refractivity contribution in [3.8, 4) is 0 Å². The molecule has 3 heteroatoms. The van der Waals surface area contributed by atoms with Crippen molar-refractivity contribution in [2.75, 3.05) is 0 Å². The van der Waals surface area contributed by atoms with Crippen molar-refractivity contribution in [1.82, 2.24) is 4.90 Å². The highest BCUT2D eigenvalue weighted by molar-refractivity contribution is 5.81. The van der Waals surface area contributed by atoms with Gasteiger partial charge in [0.2, 0.25) is 0 Å². The molecule has 1 aliphatic heterocycles. The van der Waals surface area contributed by atoms with Gasteiger partial charge in [-0.2, -0.15) is 0 Å². The average molecular weight is 335 g/mol. The zero-order valence-corrected chi connectivity index (χ0v) is 15.1. The number of rotatable bonds is 5. The third-order valence-electron chi connectivity index (χ3n) is 4.12. The SMILES string of the molecule is CC(C)(C)OC(=O)[C@H]1[C@H](/C=C/c2ccccc2)N1Cc1ccccc1. The molecule has 3 atom stereocenters. The van der Waals surface area contributed by atoms with Crippen LogP contribution in [-0.4, -0.2) is 28.6 Å². The minimum Gasteiger partial charge on any atom is -0.459 e. The Morgan fingerprint density at radius 3 is 2.24 bits per heavy atom. The zero-order chi connectivity index (χ0) is 17.9. The molecule has 1 heterocycles. The Hall–Kier alpha value is -2.39. The third-order valence-corrected chi connectivity index (χ3v) is 4.12. The van der Waals surface area contributed by atoms with Crippen LogP contribution in [0, 0.1) is 0 Å². The van der Waals surface area contributed by atoms with Gasteiger partial charge in [0.1, 0.15) is 11.6 Å². The van der Waals surface area contributed by atoms with Crippen molar-refractivity contribution in [2.24, 2.45) is 0 Å². The minimum atomic E-state index is -0.466. The van der Waals surface area contributed by atoms with Crippen LogP contribution in [-0.2, 0) is 16.1 Å². The molecule has 3 nitrogen and oxygen atoms in total. The van der Waals surface area contributed by atoms with Crippen molar-refractivity contribution >= 4 is 12.0 Å². The Bertz CT molecular complexity index is 732. The molecule has 1 unspecified atom stereocenters. The number of hydrogen-bond acceptors (Lipinski definition) is 3. The topological polar surface area (TPSA) is 29.3 Å². The highest BCUT2D eigenvalue weighted by atomic mass is 16.6. The summed E-state index contributed by atoms with van der Waals surface area (Å²) in [6, 6.07) is 20.2. The van der Waals surface area contributed by atoms with Gasteiger partial charge in [-0.05, 0) is 31.9 Å². The normalized spacial score (nSPS) is 22.8. The zero-order valence-electron chi connectivity index (χ0n) is 15.1. The van der Waals surface area contributed by atoms with Crippen molar-refractivity contribution < 1.29 is 9.53 Å². The highest BCUT2D eigenvalue weighted by Gasteiger charge is 2.52. The Balaban J connectivity index is 1.73. The third kappa shape index (κ3) is 4.80. The molecule has 0 spiro atoms. The van der Waals surface area contributed by atoms with E-state index < -0.39 is 5.60 Å². The number of benzene rings is 2. The Labute approximate surface area is 149 Å². The largest absolute Gasteiger partial charge is 0.459 e. The summed E-state index contributed by atoms with van der Waals surface area (Å²) in [4.78, 5) is 14.7. The lowest BCUT2D eigenvalue weighted by Crippen LogP contribution is -2.28. The number of nitrogens with zero attached hydrogens (tertiary/aromatic N) is 1. The lowest BCUT2D eigenvalue weighted by molar-refractivity contribution is -0.155. The Kier molecular flexibility index (Phi) is 5.05. The molecule has 0 amide bonds. The van der Waals surface area contributed by atoms with Gasteiger partial charge in [0.15, 0.2) is 0 Å². The Morgan fingerprint density at radius 1 is 1.04 bits per heavy atom. The lowest BCUT2D eigenvalue weighted by Gasteiger charge is -2.19. The van der Waals surface area contributed by atoms with Crippen LogP contribution >= 0.6 is 0 Å². The van der Waals surface area contributed by atoms with Crippen LogP contribution in [0.25, 0.3) is 6.08 Å². The second-order valence-corrected chi connectivity index (χ2v) is 7.40. The first-order valence-electron chi connectivity index (χ1n) is 8.70. The molecule has 1 saturated heterocycles. The molecular weight excluding hydrogens is 310 g/mol. The number of carbonyl (C=O) groups is 1. The van der Waals surface area contributed by atoms with Gasteiger partial charge in [0, 0.05) is 6.54 Å². The van der Waals surface area contributed by atoms with Gasteiger partial charge in [0.05, 0.1) is 6.04 Å². The van der Waals surface area contributed by atoms with E-state index in [2.05, 4.69) is 41.3 Å². The number of carbonyl (C=O) groups excluding carboxylic acids is 1. The molecule has 0 saturated carbocycles. The number of hydrogen-bond donors (Lipinski definition) is 0. The quantitative estimate of drug-likeness (QED) is 0.603. The number of ether oxygens (including phenoxy) is 1. The van der Waals surface area contributed by atoms with E-state index in [0.29, 0.717) is 0 Å². The van der Waals surface area contributed by atoms with Gasteiger partial charge in [-0.25, -0.2) is 0 Å². The fourth-order valence-corrected chi connectivity index (χ4v) is 2.92. The summed E-state index contributed by atoms with van der Waals surface area (Å²) < 4.78 is 5.60. The molecule has 0 radical (unpaired) electrons. The molecule has 0 bridgehead atoms. The minimum absolute atomic E-state index is 0.0789. The van der Waals surface area contributed by atoms with Crippen molar-refractivity contribution in [1.29, 1.82) is 0 Å². The second-order valence-electron chi connectivity index (χ2n) is 7.40. The lowest BCUT2D eigenvalue weighted by atomic mass is 10.1. The molecule has 130 valence electrons. The standard InChI is InChI=1S/C22H25NO2/c1-22(2,3)25-21(24)20-19(15-14-17-10-6-4-7-11-17)23(20)16-18-12-8-5-9-13-18/h4-15,19-20H,16H2,1-3H3/b15-14+/t19-,20+,23?/m0/s1. The van der Waals surface area contributed by atoms with Gasteiger partial charge in [0.25, 0.3) is 0 Å². The summed E-state index contributed by atoms with van der Waals surface area (Å²) in [7, 11) is 0. The van der Waals surface area contributed by atoms with E-state index in [9.17, 15) is 4.79 Å². The first-order chi connectivity index (χ1) is 11.9. The maximum atomic E-state index is 12.5. The van der Waals surface area contributed by atoms with Crippen LogP contribution < -0.4 is 0 Å². The molecule has 0 aromatic heterocycles. The molecule has 2 aromatic carbocycles. The molecule has 3 rings (SSSR count). The van der Waals surface area contributed by atoms with Crippen LogP contribution in [0.4, 0.5) is 0 Å². The van der Waals surface area contributed by atoms with Crippen LogP contribution in [0.2, 0.25) is 0 Å². The van der Waals surface area contributed by atoms with Crippen LogP contribution in [0.1, 0.15) is 31.9 Å². The molecule has 0 N–H and O–H groups in total. The van der Waals surface area contributed by atoms with Crippen molar-refractivity contribution in [2.45, 2.75) is 45.0 Å². The summed E-state index contributed by atoms with van der Waals surface area (Å²) in [5.41, 5.74) is 1.87. The molecular formula is C22H25NO2. The summed E-state index contributed by atoms with van der Waals surface area (Å²) >= 11 is 0. The Morgan fingerprint density at radius 2 is 1.64 bits per heavy atom. The molecule has 1 aliphatic rings. The summed E-state index contributed by atoms with van der Waals surface area (Å²) in [6.45, 7) is 6.46. The van der Waals surface area contributed by atoms with Crippen molar-refractivity contribution in [3.63, 3.8) is 0 Å². The predicted octanol–water partition coefficient (Wildman–Crippen LogP) is 4.29. The van der Waals surface area contributed by atoms with Crippen LogP contribution in [0.3, 0.4) is 0 Å². The van der Waals surface area contributed by atoms with E-state index in [1.54, 1.807) is 0 Å². The van der Waals surface area contributed by atoms with E-state index >= 15 is 0 Å². The fourth-order valence-electron chi connectivity index (χ4n) is 2.92. The predicted molar refractivity (Wildman–Crippen MR) is 101 cm³/mol. The van der Waals surface area contributed by atoms with Gasteiger partial charge >= 0.3 is 5.97 Å². The highest BCUT2D eigenvalue weighted by Crippen LogP contribution is 2.34. The van der Waals surface area contributed by atoms with Gasteiger partial charge in [-0.15, -0.1) is 0 Å². The summed E-state index contributed by atoms with van der Waals surface area (Å²) in [6.07, 6.45) is 4.18. The molecule has 2 aromatic rings. The summed E-state index contributed by atoms with van der Waals surface area (Å²) in [5, 5.41) is 0. The van der Waals surface area contributed by atoms with Gasteiger partial charge < -0.3 is 4.74 Å². The van der Waals surface area contributed by atoms with E-state index in [1.807, 2.05) is 57.2 Å². The molecule has 25 heavy (non-hydrogen) atoms. The number of esters is 1. The van der Waals surface area contributed by atoms with E-state index in [0.717, 1.165) is 12.1 Å². The van der Waals surface area contributed by atoms with Crippen LogP contribution in [0.5, 0.6) is 0 Å². The maximum Gasteiger partial charge on any atom is 0.325 e. The summed E-state index contributed by atoms with van der Waals surface area (Å²) in [5.74, 6) is -0.147. The second kappa shape index (κ2) is 7.24. The van der Waals surface area contributed by atoms with E-state index in [4.69, 9.17) is 4.74 Å². The van der Waals surface area contributed by atoms with Crippen LogP contribution in [0.15, 0.2) is 66.7 Å². The van der Waals surface area contributed by atoms with E-state index in [-0.39, 0.29) is 18.1 Å². The first kappa shape index (κ1) is 17.4. The smallest absolute Gasteiger partial charge is 0.325 e. The monoisotopic (exact) mass is 335 g/mol. The van der Waals surface area contributed by atoms with Gasteiger partial charge in [-0.3, -0.25) is 9.69 Å².